The first-order valence-corrected chi connectivity index (χ1v) is 12.9. The second kappa shape index (κ2) is 9.38. The number of pyridine rings is 1. The highest BCUT2D eigenvalue weighted by molar-refractivity contribution is 5.93. The van der Waals surface area contributed by atoms with E-state index in [1.54, 1.807) is 0 Å². The average molecular weight is 455 g/mol. The van der Waals surface area contributed by atoms with E-state index in [1.807, 2.05) is 12.4 Å². The Kier molecular flexibility index (Phi) is 5.96. The molecule has 2 saturated heterocycles. The number of anilines is 1. The molecule has 3 atom stereocenters. The Morgan fingerprint density at radius 3 is 2.41 bits per heavy atom. The third kappa shape index (κ3) is 4.18. The topological polar surface area (TPSA) is 48.5 Å². The zero-order chi connectivity index (χ0) is 22.9. The highest BCUT2D eigenvalue weighted by Gasteiger charge is 2.40. The lowest BCUT2D eigenvalue weighted by molar-refractivity contribution is -0.128. The Morgan fingerprint density at radius 1 is 0.941 bits per heavy atom. The van der Waals surface area contributed by atoms with Gasteiger partial charge in [0.15, 0.2) is 0 Å². The van der Waals surface area contributed by atoms with Crippen molar-refractivity contribution in [2.24, 2.45) is 5.92 Å². The number of hydrogen-bond acceptors (Lipinski definition) is 4. The molecule has 1 aromatic heterocycles. The molecular formula is C29H34N4O. The van der Waals surface area contributed by atoms with Gasteiger partial charge in [0.25, 0.3) is 0 Å². The number of aromatic nitrogens is 1. The molecule has 6 rings (SSSR count). The van der Waals surface area contributed by atoms with Crippen LogP contribution in [0, 0.1) is 5.92 Å². The van der Waals surface area contributed by atoms with Gasteiger partial charge in [-0.15, -0.1) is 0 Å². The SMILES string of the molecule is O=C(N[C@@H](CCN1[C@@H]2CC[C@H]1CN(c1cncc3ccccc13)C2)c1ccccc1)C1CCC1. The quantitative estimate of drug-likeness (QED) is 0.550. The molecule has 34 heavy (non-hydrogen) atoms. The van der Waals surface area contributed by atoms with E-state index in [9.17, 15) is 4.79 Å². The molecule has 3 heterocycles. The summed E-state index contributed by atoms with van der Waals surface area (Å²) in [5.41, 5.74) is 2.49. The highest BCUT2D eigenvalue weighted by Crippen LogP contribution is 2.36. The summed E-state index contributed by atoms with van der Waals surface area (Å²) in [4.78, 5) is 22.6. The van der Waals surface area contributed by atoms with E-state index in [1.165, 1.54) is 41.3 Å². The summed E-state index contributed by atoms with van der Waals surface area (Å²) in [5, 5.41) is 5.91. The Bertz CT molecular complexity index is 1130. The predicted octanol–water partition coefficient (Wildman–Crippen LogP) is 4.94. The maximum Gasteiger partial charge on any atom is 0.223 e. The summed E-state index contributed by atoms with van der Waals surface area (Å²) in [6.45, 7) is 3.13. The van der Waals surface area contributed by atoms with Crippen molar-refractivity contribution < 1.29 is 4.79 Å². The van der Waals surface area contributed by atoms with Crippen molar-refractivity contribution in [3.05, 3.63) is 72.6 Å². The zero-order valence-corrected chi connectivity index (χ0v) is 19.8. The molecule has 1 N–H and O–H groups in total. The van der Waals surface area contributed by atoms with Crippen molar-refractivity contribution in [3.8, 4) is 0 Å². The Balaban J connectivity index is 1.15. The minimum Gasteiger partial charge on any atom is -0.367 e. The van der Waals surface area contributed by atoms with Crippen LogP contribution in [-0.2, 0) is 4.79 Å². The van der Waals surface area contributed by atoms with E-state index in [0.717, 1.165) is 38.9 Å². The van der Waals surface area contributed by atoms with Gasteiger partial charge >= 0.3 is 0 Å². The number of nitrogens with zero attached hydrogens (tertiary/aromatic N) is 3. The van der Waals surface area contributed by atoms with Gasteiger partial charge in [0.1, 0.15) is 0 Å². The maximum absolute atomic E-state index is 12.8. The van der Waals surface area contributed by atoms with Gasteiger partial charge < -0.3 is 10.2 Å². The molecule has 1 aliphatic carbocycles. The molecule has 1 amide bonds. The Hall–Kier alpha value is -2.92. The highest BCUT2D eigenvalue weighted by atomic mass is 16.2. The molecule has 3 aliphatic rings. The van der Waals surface area contributed by atoms with Gasteiger partial charge in [0, 0.05) is 54.6 Å². The second-order valence-electron chi connectivity index (χ2n) is 10.3. The average Bonchev–Trinajstić information content (AvgIpc) is 3.07. The maximum atomic E-state index is 12.8. The smallest absolute Gasteiger partial charge is 0.223 e. The van der Waals surface area contributed by atoms with Crippen molar-refractivity contribution in [2.45, 2.75) is 56.7 Å². The van der Waals surface area contributed by atoms with Gasteiger partial charge in [-0.3, -0.25) is 14.7 Å². The van der Waals surface area contributed by atoms with E-state index in [-0.39, 0.29) is 17.9 Å². The van der Waals surface area contributed by atoms with Crippen molar-refractivity contribution >= 4 is 22.4 Å². The van der Waals surface area contributed by atoms with Crippen LogP contribution in [0.15, 0.2) is 67.0 Å². The second-order valence-corrected chi connectivity index (χ2v) is 10.3. The normalized spacial score (nSPS) is 23.6. The first-order chi connectivity index (χ1) is 16.8. The third-order valence-electron chi connectivity index (χ3n) is 8.29. The third-order valence-corrected chi connectivity index (χ3v) is 8.29. The number of hydrogen-bond donors (Lipinski definition) is 1. The molecular weight excluding hydrogens is 420 g/mol. The van der Waals surface area contributed by atoms with Gasteiger partial charge in [-0.25, -0.2) is 0 Å². The number of benzene rings is 2. The number of amides is 1. The minimum absolute atomic E-state index is 0.0917. The van der Waals surface area contributed by atoms with Gasteiger partial charge in [0.2, 0.25) is 5.91 Å². The number of fused-ring (bicyclic) bond motifs is 3. The molecule has 2 bridgehead atoms. The van der Waals surface area contributed by atoms with E-state index in [4.69, 9.17) is 0 Å². The summed E-state index contributed by atoms with van der Waals surface area (Å²) < 4.78 is 0. The van der Waals surface area contributed by atoms with Crippen LogP contribution in [0.2, 0.25) is 0 Å². The van der Waals surface area contributed by atoms with Crippen LogP contribution in [0.25, 0.3) is 10.8 Å². The summed E-state index contributed by atoms with van der Waals surface area (Å²) in [5.74, 6) is 0.469. The first kappa shape index (κ1) is 21.6. The standard InChI is InChI=1S/C29H34N4O/c34-29(22-10-6-11-22)31-27(21-7-2-1-3-8-21)15-16-33-24-13-14-25(33)20-32(19-24)28-18-30-17-23-9-4-5-12-26(23)28/h1-5,7-9,12,17-18,22,24-25,27H,6,10-11,13-16,19-20H2,(H,31,34)/t24-,25+,27-/m0/s1. The molecule has 5 nitrogen and oxygen atoms in total. The monoisotopic (exact) mass is 454 g/mol. The van der Waals surface area contributed by atoms with Gasteiger partial charge in [-0.05, 0) is 37.7 Å². The van der Waals surface area contributed by atoms with Crippen LogP contribution in [0.4, 0.5) is 5.69 Å². The Morgan fingerprint density at radius 2 is 1.68 bits per heavy atom. The summed E-state index contributed by atoms with van der Waals surface area (Å²) >= 11 is 0. The van der Waals surface area contributed by atoms with E-state index in [0.29, 0.717) is 12.1 Å². The number of carbonyl (C=O) groups is 1. The van der Waals surface area contributed by atoms with Crippen LogP contribution in [0.1, 0.15) is 50.1 Å². The van der Waals surface area contributed by atoms with Crippen LogP contribution >= 0.6 is 0 Å². The summed E-state index contributed by atoms with van der Waals surface area (Å²) in [6.07, 6.45) is 10.8. The van der Waals surface area contributed by atoms with Crippen LogP contribution in [0.3, 0.4) is 0 Å². The summed E-state index contributed by atoms with van der Waals surface area (Å²) in [7, 11) is 0. The molecule has 0 unspecified atom stereocenters. The van der Waals surface area contributed by atoms with Gasteiger partial charge in [0.05, 0.1) is 17.9 Å². The predicted molar refractivity (Wildman–Crippen MR) is 137 cm³/mol. The van der Waals surface area contributed by atoms with Crippen LogP contribution in [-0.4, -0.2) is 47.5 Å². The lowest BCUT2D eigenvalue weighted by Gasteiger charge is -2.43. The molecule has 2 aliphatic heterocycles. The molecule has 3 aromatic rings. The lowest BCUT2D eigenvalue weighted by Crippen LogP contribution is -2.54. The molecule has 1 saturated carbocycles. The number of rotatable bonds is 7. The number of nitrogens with one attached hydrogen (secondary N) is 1. The largest absolute Gasteiger partial charge is 0.367 e. The van der Waals surface area contributed by atoms with Crippen molar-refractivity contribution in [2.75, 3.05) is 24.5 Å². The Labute approximate surface area is 202 Å². The van der Waals surface area contributed by atoms with Crippen molar-refractivity contribution in [1.29, 1.82) is 0 Å². The van der Waals surface area contributed by atoms with Crippen molar-refractivity contribution in [1.82, 2.24) is 15.2 Å². The molecule has 176 valence electrons. The molecule has 0 radical (unpaired) electrons. The number of carbonyl (C=O) groups excluding carboxylic acids is 1. The van der Waals surface area contributed by atoms with Gasteiger partial charge in [-0.1, -0.05) is 61.0 Å². The van der Waals surface area contributed by atoms with Crippen LogP contribution < -0.4 is 10.2 Å². The fourth-order valence-corrected chi connectivity index (χ4v) is 6.15. The molecule has 0 spiro atoms. The molecule has 2 aromatic carbocycles. The number of piperazine rings is 1. The van der Waals surface area contributed by atoms with E-state index >= 15 is 0 Å². The van der Waals surface area contributed by atoms with Crippen molar-refractivity contribution in [3.63, 3.8) is 0 Å². The van der Waals surface area contributed by atoms with Crippen LogP contribution in [0.5, 0.6) is 0 Å². The lowest BCUT2D eigenvalue weighted by atomic mass is 9.84. The molecule has 3 fully saturated rings. The first-order valence-electron chi connectivity index (χ1n) is 12.9. The zero-order valence-electron chi connectivity index (χ0n) is 19.8. The fraction of sp³-hybridized carbons (Fsp3) is 0.448. The minimum atomic E-state index is 0.0917. The van der Waals surface area contributed by atoms with Gasteiger partial charge in [-0.2, -0.15) is 0 Å². The summed E-state index contributed by atoms with van der Waals surface area (Å²) in [6, 6.07) is 20.3. The van der Waals surface area contributed by atoms with E-state index < -0.39 is 0 Å². The molecule has 5 heteroatoms. The van der Waals surface area contributed by atoms with E-state index in [2.05, 4.69) is 74.7 Å². The fourth-order valence-electron chi connectivity index (χ4n) is 6.15.